The van der Waals surface area contributed by atoms with E-state index in [1.165, 1.54) is 18.5 Å². The molecular weight excluding hydrogens is 533 g/mol. The maximum absolute atomic E-state index is 13.3. The summed E-state index contributed by atoms with van der Waals surface area (Å²) in [7, 11) is 1.59. The van der Waals surface area contributed by atoms with Crippen LogP contribution < -0.4 is 9.47 Å². The molecule has 1 N–H and O–H groups in total. The molecule has 3 heterocycles. The average molecular weight is 563 g/mol. The molecule has 3 aromatic carbocycles. The zero-order valence-electron chi connectivity index (χ0n) is 22.5. The van der Waals surface area contributed by atoms with Gasteiger partial charge in [-0.05, 0) is 36.2 Å². The van der Waals surface area contributed by atoms with E-state index in [0.29, 0.717) is 40.6 Å². The number of nitrogens with one attached hydrogen (secondary N) is 1. The number of halogens is 3. The van der Waals surface area contributed by atoms with Crippen molar-refractivity contribution in [1.82, 2.24) is 19.9 Å². The van der Waals surface area contributed by atoms with Crippen LogP contribution in [-0.2, 0) is 10.9 Å². The van der Waals surface area contributed by atoms with E-state index in [1.54, 1.807) is 7.11 Å². The number of methoxy groups -OCH3 is 1. The third-order valence-electron chi connectivity index (χ3n) is 7.34. The van der Waals surface area contributed by atoms with Crippen molar-refractivity contribution in [1.29, 1.82) is 0 Å². The first-order valence-corrected chi connectivity index (χ1v) is 13.5. The Morgan fingerprint density at radius 3 is 2.49 bits per heavy atom. The van der Waals surface area contributed by atoms with E-state index in [9.17, 15) is 13.2 Å². The number of ether oxygens (including phenoxy) is 3. The van der Waals surface area contributed by atoms with E-state index in [-0.39, 0.29) is 0 Å². The molecule has 0 amide bonds. The van der Waals surface area contributed by atoms with E-state index in [1.807, 2.05) is 36.4 Å². The summed E-state index contributed by atoms with van der Waals surface area (Å²) in [6.45, 7) is 4.78. The van der Waals surface area contributed by atoms with E-state index >= 15 is 0 Å². The minimum Gasteiger partial charge on any atom is -0.493 e. The van der Waals surface area contributed by atoms with Crippen LogP contribution in [0.3, 0.4) is 0 Å². The van der Waals surface area contributed by atoms with Crippen LogP contribution in [0.5, 0.6) is 11.5 Å². The average Bonchev–Trinajstić information content (AvgIpc) is 3.38. The lowest BCUT2D eigenvalue weighted by atomic mass is 9.98. The standard InChI is InChI=1S/C31H29F3N4O3/c1-39-26-18-25-23(17-27(26)41-14-4-11-38-12-15-40-16-13-38)30(36-19-35-25)28-22-5-2-3-6-24(22)37-29(28)20-7-9-21(10-8-20)31(32,33)34/h2-3,5-10,17-19,37H,4,11-16H2,1H3. The van der Waals surface area contributed by atoms with Crippen LogP contribution in [-0.4, -0.2) is 66.4 Å². The van der Waals surface area contributed by atoms with Crippen LogP contribution in [0, 0.1) is 0 Å². The number of nitrogens with zero attached hydrogens (tertiary/aromatic N) is 3. The van der Waals surface area contributed by atoms with E-state index in [0.717, 1.165) is 73.3 Å². The number of para-hydroxylation sites is 1. The summed E-state index contributed by atoms with van der Waals surface area (Å²) in [6.07, 6.45) is -2.08. The number of rotatable bonds is 8. The van der Waals surface area contributed by atoms with Crippen molar-refractivity contribution >= 4 is 21.8 Å². The number of hydrogen-bond donors (Lipinski definition) is 1. The molecule has 7 nitrogen and oxygen atoms in total. The second-order valence-electron chi connectivity index (χ2n) is 9.89. The Hall–Kier alpha value is -4.15. The lowest BCUT2D eigenvalue weighted by Gasteiger charge is -2.26. The van der Waals surface area contributed by atoms with Crippen LogP contribution in [0.15, 0.2) is 67.0 Å². The molecule has 1 saturated heterocycles. The summed E-state index contributed by atoms with van der Waals surface area (Å²) in [5, 5.41) is 1.64. The van der Waals surface area contributed by atoms with E-state index in [2.05, 4.69) is 19.9 Å². The number of morpholine rings is 1. The zero-order chi connectivity index (χ0) is 28.4. The lowest BCUT2D eigenvalue weighted by molar-refractivity contribution is -0.137. The Kier molecular flexibility index (Phi) is 7.51. The van der Waals surface area contributed by atoms with Gasteiger partial charge in [-0.3, -0.25) is 4.90 Å². The number of alkyl halides is 3. The molecule has 1 aliphatic rings. The van der Waals surface area contributed by atoms with Crippen LogP contribution in [0.25, 0.3) is 44.3 Å². The van der Waals surface area contributed by atoms with Gasteiger partial charge >= 0.3 is 6.18 Å². The number of aromatic nitrogens is 3. The smallest absolute Gasteiger partial charge is 0.416 e. The molecule has 41 heavy (non-hydrogen) atoms. The zero-order valence-corrected chi connectivity index (χ0v) is 22.5. The fraction of sp³-hybridized carbons (Fsp3) is 0.290. The van der Waals surface area contributed by atoms with Gasteiger partial charge in [-0.2, -0.15) is 13.2 Å². The molecule has 1 aliphatic heterocycles. The normalized spacial score (nSPS) is 14.5. The highest BCUT2D eigenvalue weighted by atomic mass is 19.4. The second-order valence-corrected chi connectivity index (χ2v) is 9.89. The molecule has 212 valence electrons. The van der Waals surface area contributed by atoms with Crippen molar-refractivity contribution < 1.29 is 27.4 Å². The van der Waals surface area contributed by atoms with Gasteiger partial charge in [0, 0.05) is 47.6 Å². The first-order valence-electron chi connectivity index (χ1n) is 13.5. The maximum atomic E-state index is 13.3. The molecule has 5 aromatic rings. The van der Waals surface area contributed by atoms with Gasteiger partial charge < -0.3 is 19.2 Å². The largest absolute Gasteiger partial charge is 0.493 e. The van der Waals surface area contributed by atoms with Crippen molar-refractivity contribution in [3.63, 3.8) is 0 Å². The second kappa shape index (κ2) is 11.4. The summed E-state index contributed by atoms with van der Waals surface area (Å²) >= 11 is 0. The molecule has 1 fully saturated rings. The van der Waals surface area contributed by atoms with Gasteiger partial charge in [0.1, 0.15) is 6.33 Å². The minimum atomic E-state index is -4.41. The van der Waals surface area contributed by atoms with Crippen molar-refractivity contribution in [3.8, 4) is 34.0 Å². The first kappa shape index (κ1) is 27.0. The molecular formula is C31H29F3N4O3. The van der Waals surface area contributed by atoms with Crippen LogP contribution in [0.4, 0.5) is 13.2 Å². The van der Waals surface area contributed by atoms with Gasteiger partial charge in [0.25, 0.3) is 0 Å². The number of fused-ring (bicyclic) bond motifs is 2. The Morgan fingerprint density at radius 2 is 1.73 bits per heavy atom. The number of hydrogen-bond acceptors (Lipinski definition) is 6. The van der Waals surface area contributed by atoms with Gasteiger partial charge in [0.2, 0.25) is 0 Å². The highest BCUT2D eigenvalue weighted by Gasteiger charge is 2.30. The van der Waals surface area contributed by atoms with E-state index in [4.69, 9.17) is 14.2 Å². The fourth-order valence-electron chi connectivity index (χ4n) is 5.26. The minimum absolute atomic E-state index is 0.506. The molecule has 10 heteroatoms. The summed E-state index contributed by atoms with van der Waals surface area (Å²) < 4.78 is 57.0. The van der Waals surface area contributed by atoms with Gasteiger partial charge in [-0.15, -0.1) is 0 Å². The molecule has 6 rings (SSSR count). The highest BCUT2D eigenvalue weighted by Crippen LogP contribution is 2.42. The van der Waals surface area contributed by atoms with Crippen molar-refractivity contribution in [2.45, 2.75) is 12.6 Å². The molecule has 0 saturated carbocycles. The van der Waals surface area contributed by atoms with Crippen molar-refractivity contribution in [3.05, 3.63) is 72.6 Å². The Morgan fingerprint density at radius 1 is 0.951 bits per heavy atom. The molecule has 0 unspecified atom stereocenters. The fourth-order valence-corrected chi connectivity index (χ4v) is 5.26. The first-order chi connectivity index (χ1) is 19.9. The Bertz CT molecular complexity index is 1660. The van der Waals surface area contributed by atoms with Crippen LogP contribution in [0.2, 0.25) is 0 Å². The molecule has 0 spiro atoms. The van der Waals surface area contributed by atoms with Gasteiger partial charge in [-0.25, -0.2) is 9.97 Å². The quantitative estimate of drug-likeness (QED) is 0.216. The molecule has 0 atom stereocenters. The number of benzene rings is 3. The number of H-pyrrole nitrogens is 1. The highest BCUT2D eigenvalue weighted by molar-refractivity contribution is 6.09. The third kappa shape index (κ3) is 5.57. The van der Waals surface area contributed by atoms with Crippen LogP contribution in [0.1, 0.15) is 12.0 Å². The molecule has 2 aromatic heterocycles. The predicted molar refractivity (Wildman–Crippen MR) is 151 cm³/mol. The monoisotopic (exact) mass is 562 g/mol. The molecule has 0 radical (unpaired) electrons. The van der Waals surface area contributed by atoms with Crippen molar-refractivity contribution in [2.24, 2.45) is 0 Å². The topological polar surface area (TPSA) is 72.5 Å². The van der Waals surface area contributed by atoms with Gasteiger partial charge in [-0.1, -0.05) is 30.3 Å². The summed E-state index contributed by atoms with van der Waals surface area (Å²) in [4.78, 5) is 14.9. The summed E-state index contributed by atoms with van der Waals surface area (Å²) in [6, 6.07) is 16.6. The SMILES string of the molecule is COc1cc2ncnc(-c3c(-c4ccc(C(F)(F)F)cc4)[nH]c4ccccc34)c2cc1OCCCN1CCOCC1. The maximum Gasteiger partial charge on any atom is 0.416 e. The number of aromatic amines is 1. The van der Waals surface area contributed by atoms with Gasteiger partial charge in [0.05, 0.1) is 49.4 Å². The van der Waals surface area contributed by atoms with Crippen LogP contribution >= 0.6 is 0 Å². The third-order valence-corrected chi connectivity index (χ3v) is 7.34. The Labute approximate surface area is 234 Å². The Balaban J connectivity index is 1.40. The summed E-state index contributed by atoms with van der Waals surface area (Å²) in [5.74, 6) is 1.14. The predicted octanol–water partition coefficient (Wildman–Crippen LogP) is 6.57. The molecule has 0 bridgehead atoms. The van der Waals surface area contributed by atoms with E-state index < -0.39 is 11.7 Å². The lowest BCUT2D eigenvalue weighted by Crippen LogP contribution is -2.37. The summed E-state index contributed by atoms with van der Waals surface area (Å²) in [5.41, 5.74) is 3.51. The van der Waals surface area contributed by atoms with Gasteiger partial charge in [0.15, 0.2) is 11.5 Å². The molecule has 0 aliphatic carbocycles. The van der Waals surface area contributed by atoms with Crippen molar-refractivity contribution in [2.75, 3.05) is 46.6 Å².